The van der Waals surface area contributed by atoms with Crippen molar-refractivity contribution in [2.75, 3.05) is 0 Å². The summed E-state index contributed by atoms with van der Waals surface area (Å²) in [6, 6.07) is 6.02. The van der Waals surface area contributed by atoms with Gasteiger partial charge in [0.2, 0.25) is 0 Å². The van der Waals surface area contributed by atoms with Crippen LogP contribution in [0.25, 0.3) is 0 Å². The van der Waals surface area contributed by atoms with Crippen molar-refractivity contribution in [1.82, 2.24) is 4.98 Å². The Balaban J connectivity index is 0.000001000. The molecule has 38 heavy (non-hydrogen) atoms. The number of aliphatic imine (C=N–C) groups is 4. The largest absolute Gasteiger partial charge is 3.00 e. The Hall–Kier alpha value is -0.989. The molecule has 3 heterocycles. The van der Waals surface area contributed by atoms with Gasteiger partial charge in [0.15, 0.2) is 11.7 Å². The zero-order valence-electron chi connectivity index (χ0n) is 21.0. The summed E-state index contributed by atoms with van der Waals surface area (Å²) in [7, 11) is 0. The predicted molar refractivity (Wildman–Crippen MR) is 138 cm³/mol. The van der Waals surface area contributed by atoms with Crippen LogP contribution in [0.3, 0.4) is 0 Å². The minimum Gasteiger partial charge on any atom is -1.00 e. The molecule has 0 spiro atoms. The Morgan fingerprint density at radius 3 is 1.45 bits per heavy atom. The summed E-state index contributed by atoms with van der Waals surface area (Å²) < 4.78 is 0. The molecule has 9 heteroatoms. The Morgan fingerprint density at radius 2 is 1.03 bits per heavy atom. The van der Waals surface area contributed by atoms with Gasteiger partial charge in [-0.2, -0.15) is 0 Å². The molecule has 7 rings (SSSR count). The Labute approximate surface area is 276 Å². The van der Waals surface area contributed by atoms with Crippen molar-refractivity contribution in [1.29, 1.82) is 0 Å². The van der Waals surface area contributed by atoms with Gasteiger partial charge in [0, 0.05) is 0 Å². The van der Waals surface area contributed by atoms with E-state index in [9.17, 15) is 0 Å². The van der Waals surface area contributed by atoms with E-state index in [1.165, 1.54) is 62.5 Å². The van der Waals surface area contributed by atoms with Crippen LogP contribution in [0, 0.1) is 52.7 Å². The fourth-order valence-corrected chi connectivity index (χ4v) is 6.15. The van der Waals surface area contributed by atoms with Gasteiger partial charge in [-0.1, -0.05) is 56.1 Å². The topological polar surface area (TPSA) is 62.3 Å². The molecule has 0 aromatic carbocycles. The minimum atomic E-state index is 0. The van der Waals surface area contributed by atoms with Crippen molar-refractivity contribution in [2.45, 2.75) is 63.5 Å². The minimum absolute atomic E-state index is 0. The monoisotopic (exact) mass is 694 g/mol. The van der Waals surface area contributed by atoms with Gasteiger partial charge in [0.05, 0.1) is 11.4 Å². The average molecular weight is 698 g/mol. The van der Waals surface area contributed by atoms with E-state index in [-0.39, 0.29) is 90.1 Å². The second kappa shape index (κ2) is 13.6. The van der Waals surface area contributed by atoms with Crippen LogP contribution in [0.5, 0.6) is 0 Å². The van der Waals surface area contributed by atoms with Crippen molar-refractivity contribution in [2.24, 2.45) is 31.8 Å². The molecule has 1 radical (unpaired) electrons. The normalized spacial score (nSPS) is 25.3. The summed E-state index contributed by atoms with van der Waals surface area (Å²) in [5.41, 5.74) is 6.51. The maximum absolute atomic E-state index is 4.88. The maximum atomic E-state index is 4.88. The van der Waals surface area contributed by atoms with Gasteiger partial charge in [-0.25, -0.2) is 15.0 Å². The molecule has 0 saturated heterocycles. The summed E-state index contributed by atoms with van der Waals surface area (Å²) in [5, 5.41) is 0. The van der Waals surface area contributed by atoms with Crippen LogP contribution < -0.4 is 37.2 Å². The van der Waals surface area contributed by atoms with Crippen LogP contribution in [0.4, 0.5) is 0 Å². The molecular weight excluding hydrogens is 669 g/mol. The number of pyridine rings is 1. The van der Waals surface area contributed by atoms with Crippen molar-refractivity contribution in [3.63, 3.8) is 0 Å². The molecular formula is C29H29Cl3N5Nd. The molecule has 2 aliphatic heterocycles. The summed E-state index contributed by atoms with van der Waals surface area (Å²) in [6.45, 7) is 0. The third-order valence-corrected chi connectivity index (χ3v) is 8.03. The predicted octanol–water partition coefficient (Wildman–Crippen LogP) is -3.39. The molecule has 2 saturated carbocycles. The zero-order valence-corrected chi connectivity index (χ0v) is 26.5. The fraction of sp³-hybridized carbons (Fsp3) is 0.414. The van der Waals surface area contributed by atoms with Crippen LogP contribution in [0.15, 0.2) is 85.8 Å². The maximum Gasteiger partial charge on any atom is 3.00 e. The molecule has 6 aliphatic rings. The van der Waals surface area contributed by atoms with E-state index in [4.69, 9.17) is 25.0 Å². The van der Waals surface area contributed by atoms with E-state index in [1.54, 1.807) is 0 Å². The summed E-state index contributed by atoms with van der Waals surface area (Å²) >= 11 is 0. The molecule has 2 fully saturated rings. The number of hydrogen-bond acceptors (Lipinski definition) is 5. The van der Waals surface area contributed by atoms with E-state index >= 15 is 0 Å². The summed E-state index contributed by atoms with van der Waals surface area (Å²) in [6.07, 6.45) is 24.0. The Kier molecular flexibility index (Phi) is 11.3. The zero-order chi connectivity index (χ0) is 22.5. The smallest absolute Gasteiger partial charge is 1.00 e. The first-order valence-electron chi connectivity index (χ1n) is 12.9. The number of hydrogen-bond donors (Lipinski definition) is 0. The van der Waals surface area contributed by atoms with E-state index < -0.39 is 0 Å². The van der Waals surface area contributed by atoms with Crippen LogP contribution in [-0.4, -0.2) is 40.2 Å². The molecule has 1 aromatic heterocycles. The first-order valence-corrected chi connectivity index (χ1v) is 12.9. The molecule has 4 aliphatic carbocycles. The van der Waals surface area contributed by atoms with Gasteiger partial charge < -0.3 is 37.2 Å². The molecule has 2 atom stereocenters. The summed E-state index contributed by atoms with van der Waals surface area (Å²) in [4.78, 5) is 24.3. The fourth-order valence-electron chi connectivity index (χ4n) is 6.15. The van der Waals surface area contributed by atoms with Crippen molar-refractivity contribution >= 4 is 23.1 Å². The van der Waals surface area contributed by atoms with Gasteiger partial charge in [-0.05, 0) is 73.0 Å². The van der Waals surface area contributed by atoms with Crippen molar-refractivity contribution in [3.05, 3.63) is 77.2 Å². The Morgan fingerprint density at radius 1 is 0.605 bits per heavy atom. The molecule has 2 unspecified atom stereocenters. The van der Waals surface area contributed by atoms with Crippen molar-refractivity contribution < 1.29 is 78.1 Å². The molecule has 0 bridgehead atoms. The number of fused-ring (bicyclic) bond motifs is 2. The van der Waals surface area contributed by atoms with E-state index in [1.807, 2.05) is 18.2 Å². The third kappa shape index (κ3) is 6.17. The number of nitrogens with zero attached hydrogens (tertiary/aromatic N) is 5. The van der Waals surface area contributed by atoms with E-state index in [0.717, 1.165) is 22.8 Å². The number of amidine groups is 2. The van der Waals surface area contributed by atoms with E-state index in [2.05, 4.69) is 36.5 Å². The van der Waals surface area contributed by atoms with Crippen LogP contribution in [0.1, 0.15) is 62.8 Å². The quantitative estimate of drug-likeness (QED) is 0.324. The third-order valence-electron chi connectivity index (χ3n) is 8.03. The molecule has 0 amide bonds. The van der Waals surface area contributed by atoms with Gasteiger partial charge in [-0.3, -0.25) is 9.98 Å². The van der Waals surface area contributed by atoms with Gasteiger partial charge in [-0.15, -0.1) is 0 Å². The SMILES string of the molecule is C1=CC2N=C(c3cccc(C4=NC5C=CC(C6CCCC6)=CC5=N4)n3)N=C2C=C1C1CCCC1.[Cl-].[Cl-].[Cl-].[Nd+3]. The number of rotatable bonds is 4. The second-order valence-electron chi connectivity index (χ2n) is 10.2. The standard InChI is InChI=1S/C29H29N5.3ClH.Nd/c1-2-7-18(6-1)20-12-14-22-26(16-20)33-28(31-22)24-10-5-11-25(30-24)29-32-23-15-13-21(17-27(23)34-29)19-8-3-4-9-19;;;;/h5,10-19,22-23H,1-4,6-9H2;3*1H;/q;;;;+3/p-3. The van der Waals surface area contributed by atoms with Gasteiger partial charge >= 0.3 is 40.8 Å². The van der Waals surface area contributed by atoms with Crippen molar-refractivity contribution in [3.8, 4) is 0 Å². The first-order chi connectivity index (χ1) is 16.8. The summed E-state index contributed by atoms with van der Waals surface area (Å²) in [5.74, 6) is 2.79. The van der Waals surface area contributed by atoms with Gasteiger partial charge in [0.1, 0.15) is 23.5 Å². The van der Waals surface area contributed by atoms with Crippen LogP contribution >= 0.6 is 0 Å². The number of halogens is 3. The van der Waals surface area contributed by atoms with Gasteiger partial charge in [0.25, 0.3) is 0 Å². The average Bonchev–Trinajstić information content (AvgIpc) is 3.69. The number of aromatic nitrogens is 1. The molecule has 1 aromatic rings. The second-order valence-corrected chi connectivity index (χ2v) is 10.2. The van der Waals surface area contributed by atoms with Crippen LogP contribution in [0.2, 0.25) is 0 Å². The molecule has 0 N–H and O–H groups in total. The first kappa shape index (κ1) is 31.5. The number of allylic oxidation sites excluding steroid dienone is 4. The molecule has 195 valence electrons. The molecule has 5 nitrogen and oxygen atoms in total. The Bertz CT molecular complexity index is 1200. The van der Waals surface area contributed by atoms with E-state index in [0.29, 0.717) is 23.5 Å². The van der Waals surface area contributed by atoms with Crippen LogP contribution in [-0.2, 0) is 0 Å².